The molecule has 2 rings (SSSR count). The minimum absolute atomic E-state index is 0. The summed E-state index contributed by atoms with van der Waals surface area (Å²) in [7, 11) is 0. The molecule has 0 amide bonds. The second kappa shape index (κ2) is 2.35. The Bertz CT molecular complexity index is 182. The Labute approximate surface area is 68.7 Å². The standard InChI is InChI=1S/C5H7F2N3.ClH/c6-4(7)3-8-2-1-5(4)9-10-5;/h8H,1-3H2;1H. The van der Waals surface area contributed by atoms with Crippen molar-refractivity contribution >= 4 is 12.4 Å². The molecular formula is C5H8ClF2N3. The predicted molar refractivity (Wildman–Crippen MR) is 37.3 cm³/mol. The van der Waals surface area contributed by atoms with Gasteiger partial charge in [0.15, 0.2) is 0 Å². The first-order valence-corrected chi connectivity index (χ1v) is 3.19. The highest BCUT2D eigenvalue weighted by atomic mass is 35.5. The molecule has 11 heavy (non-hydrogen) atoms. The van der Waals surface area contributed by atoms with Crippen molar-refractivity contribution < 1.29 is 8.78 Å². The normalized spacial score (nSPS) is 29.6. The van der Waals surface area contributed by atoms with E-state index in [1.165, 1.54) is 0 Å². The van der Waals surface area contributed by atoms with Crippen molar-refractivity contribution in [2.24, 2.45) is 10.2 Å². The first-order valence-electron chi connectivity index (χ1n) is 3.19. The molecule has 1 saturated heterocycles. The van der Waals surface area contributed by atoms with Crippen LogP contribution in [0.5, 0.6) is 0 Å². The van der Waals surface area contributed by atoms with E-state index in [1.807, 2.05) is 0 Å². The summed E-state index contributed by atoms with van der Waals surface area (Å²) in [6.07, 6.45) is 0.333. The quantitative estimate of drug-likeness (QED) is 0.602. The number of hydrogen-bond donors (Lipinski definition) is 1. The Morgan fingerprint density at radius 2 is 1.91 bits per heavy atom. The lowest BCUT2D eigenvalue weighted by molar-refractivity contribution is -0.0588. The summed E-state index contributed by atoms with van der Waals surface area (Å²) < 4.78 is 25.6. The van der Waals surface area contributed by atoms with Gasteiger partial charge in [-0.25, -0.2) is 8.78 Å². The topological polar surface area (TPSA) is 36.8 Å². The van der Waals surface area contributed by atoms with Gasteiger partial charge in [0.05, 0.1) is 6.54 Å². The Hall–Kier alpha value is -0.290. The number of nitrogens with one attached hydrogen (secondary N) is 1. The molecule has 6 heteroatoms. The molecule has 2 heterocycles. The van der Waals surface area contributed by atoms with E-state index in [1.54, 1.807) is 0 Å². The van der Waals surface area contributed by atoms with Crippen LogP contribution in [0.2, 0.25) is 0 Å². The lowest BCUT2D eigenvalue weighted by Gasteiger charge is -2.27. The van der Waals surface area contributed by atoms with Gasteiger partial charge in [0.2, 0.25) is 0 Å². The van der Waals surface area contributed by atoms with Gasteiger partial charge in [-0.2, -0.15) is 10.2 Å². The molecule has 2 aliphatic rings. The minimum atomic E-state index is -2.76. The van der Waals surface area contributed by atoms with E-state index in [4.69, 9.17) is 0 Å². The van der Waals surface area contributed by atoms with Crippen molar-refractivity contribution in [3.05, 3.63) is 0 Å². The predicted octanol–water partition coefficient (Wildman–Crippen LogP) is 1.20. The molecule has 0 aliphatic carbocycles. The number of piperidine rings is 1. The highest BCUT2D eigenvalue weighted by molar-refractivity contribution is 5.85. The molecule has 0 saturated carbocycles. The van der Waals surface area contributed by atoms with Crippen LogP contribution in [0.1, 0.15) is 6.42 Å². The van der Waals surface area contributed by atoms with Gasteiger partial charge in [-0.05, 0) is 6.54 Å². The summed E-state index contributed by atoms with van der Waals surface area (Å²) in [5.41, 5.74) is -1.32. The zero-order chi connectivity index (χ0) is 7.24. The molecular weight excluding hydrogens is 176 g/mol. The van der Waals surface area contributed by atoms with Crippen LogP contribution in [-0.4, -0.2) is 24.7 Å². The van der Waals surface area contributed by atoms with Crippen LogP contribution in [-0.2, 0) is 0 Å². The second-order valence-electron chi connectivity index (χ2n) is 2.65. The molecule has 2 aliphatic heterocycles. The zero-order valence-corrected chi connectivity index (χ0v) is 6.50. The summed E-state index contributed by atoms with van der Waals surface area (Å²) in [6.45, 7) is 0.294. The minimum Gasteiger partial charge on any atom is -0.311 e. The molecule has 0 atom stereocenters. The molecule has 1 N–H and O–H groups in total. The summed E-state index contributed by atoms with van der Waals surface area (Å²) in [5.74, 6) is -2.76. The SMILES string of the molecule is Cl.FC1(F)CNCCC12N=N2. The summed E-state index contributed by atoms with van der Waals surface area (Å²) >= 11 is 0. The number of nitrogens with zero attached hydrogens (tertiary/aromatic N) is 2. The highest BCUT2D eigenvalue weighted by Gasteiger charge is 2.63. The van der Waals surface area contributed by atoms with Gasteiger partial charge in [0, 0.05) is 6.42 Å². The van der Waals surface area contributed by atoms with Crippen molar-refractivity contribution in [2.75, 3.05) is 13.1 Å². The summed E-state index contributed by atoms with van der Waals surface area (Å²) in [4.78, 5) is 0. The number of rotatable bonds is 0. The highest BCUT2D eigenvalue weighted by Crippen LogP contribution is 2.46. The van der Waals surface area contributed by atoms with Crippen LogP contribution >= 0.6 is 12.4 Å². The second-order valence-corrected chi connectivity index (χ2v) is 2.65. The van der Waals surface area contributed by atoms with Crippen molar-refractivity contribution in [3.8, 4) is 0 Å². The Kier molecular flexibility index (Phi) is 1.88. The van der Waals surface area contributed by atoms with Crippen LogP contribution in [0.3, 0.4) is 0 Å². The van der Waals surface area contributed by atoms with Crippen molar-refractivity contribution in [1.29, 1.82) is 0 Å². The fourth-order valence-electron chi connectivity index (χ4n) is 1.14. The van der Waals surface area contributed by atoms with Crippen LogP contribution < -0.4 is 5.32 Å². The van der Waals surface area contributed by atoms with Gasteiger partial charge in [0.1, 0.15) is 0 Å². The lowest BCUT2D eigenvalue weighted by atomic mass is 9.99. The van der Waals surface area contributed by atoms with Gasteiger partial charge < -0.3 is 5.32 Å². The van der Waals surface area contributed by atoms with Crippen molar-refractivity contribution in [2.45, 2.75) is 18.0 Å². The van der Waals surface area contributed by atoms with E-state index in [0.717, 1.165) is 0 Å². The maximum Gasteiger partial charge on any atom is 0.308 e. The molecule has 64 valence electrons. The van der Waals surface area contributed by atoms with Crippen LogP contribution in [0.4, 0.5) is 8.78 Å². The zero-order valence-electron chi connectivity index (χ0n) is 5.68. The first-order chi connectivity index (χ1) is 4.66. The molecule has 0 unspecified atom stereocenters. The Morgan fingerprint density at radius 3 is 2.27 bits per heavy atom. The third kappa shape index (κ3) is 1.12. The molecule has 0 aromatic rings. The molecule has 0 aromatic heterocycles. The third-order valence-electron chi connectivity index (χ3n) is 1.92. The van der Waals surface area contributed by atoms with E-state index in [9.17, 15) is 8.78 Å². The third-order valence-corrected chi connectivity index (χ3v) is 1.92. The van der Waals surface area contributed by atoms with Crippen LogP contribution in [0.15, 0.2) is 10.2 Å². The maximum absolute atomic E-state index is 12.8. The average molecular weight is 184 g/mol. The van der Waals surface area contributed by atoms with E-state index in [0.29, 0.717) is 13.0 Å². The smallest absolute Gasteiger partial charge is 0.308 e. The fourth-order valence-corrected chi connectivity index (χ4v) is 1.14. The Morgan fingerprint density at radius 1 is 1.27 bits per heavy atom. The van der Waals surface area contributed by atoms with E-state index >= 15 is 0 Å². The maximum atomic E-state index is 12.8. The van der Waals surface area contributed by atoms with Gasteiger partial charge in [-0.15, -0.1) is 12.4 Å². The monoisotopic (exact) mass is 183 g/mol. The van der Waals surface area contributed by atoms with Gasteiger partial charge in [-0.3, -0.25) is 0 Å². The van der Waals surface area contributed by atoms with E-state index in [-0.39, 0.29) is 19.0 Å². The van der Waals surface area contributed by atoms with Crippen LogP contribution in [0.25, 0.3) is 0 Å². The lowest BCUT2D eigenvalue weighted by Crippen LogP contribution is -2.51. The van der Waals surface area contributed by atoms with Gasteiger partial charge >= 0.3 is 5.92 Å². The molecule has 1 spiro atoms. The molecule has 1 fully saturated rings. The average Bonchev–Trinajstić information content (AvgIpc) is 2.59. The number of halogens is 3. The van der Waals surface area contributed by atoms with Crippen molar-refractivity contribution in [1.82, 2.24) is 5.32 Å². The summed E-state index contributed by atoms with van der Waals surface area (Å²) in [6, 6.07) is 0. The summed E-state index contributed by atoms with van der Waals surface area (Å²) in [5, 5.41) is 9.36. The largest absolute Gasteiger partial charge is 0.311 e. The van der Waals surface area contributed by atoms with Crippen LogP contribution in [0, 0.1) is 0 Å². The first kappa shape index (κ1) is 8.80. The molecule has 0 aromatic carbocycles. The van der Waals surface area contributed by atoms with E-state index < -0.39 is 11.6 Å². The van der Waals surface area contributed by atoms with Gasteiger partial charge in [-0.1, -0.05) is 0 Å². The molecule has 0 radical (unpaired) electrons. The van der Waals surface area contributed by atoms with Gasteiger partial charge in [0.25, 0.3) is 5.66 Å². The molecule has 3 nitrogen and oxygen atoms in total. The number of alkyl halides is 2. The fraction of sp³-hybridized carbons (Fsp3) is 1.00. The van der Waals surface area contributed by atoms with Crippen molar-refractivity contribution in [3.63, 3.8) is 0 Å². The number of hydrogen-bond acceptors (Lipinski definition) is 3. The van der Waals surface area contributed by atoms with E-state index in [2.05, 4.69) is 15.5 Å². The molecule has 0 bridgehead atoms. The Balaban J connectivity index is 0.000000605.